The Hall–Kier alpha value is -4.01. The molecular formula is C22H23N5O4. The number of carbonyl (C=O) groups excluding carboxylic acids is 2. The highest BCUT2D eigenvalue weighted by atomic mass is 16.4. The standard InChI is InChI=1S/C22H23N5O4/c1-2-24-22(31)27-19-11-17-16(14-7-9-23-10-8-14)4-3-15(18(17)13-25-19)12-26-20(28)5-6-21(29)30/h3-4,7-11,13H,2,5-6,12H2,1H3,(H,26,28)(H,29,30)(H2,24,25,27,31). The first-order chi connectivity index (χ1) is 15.0. The van der Waals surface area contributed by atoms with Crippen LogP contribution in [0.2, 0.25) is 0 Å². The third-order valence-corrected chi connectivity index (χ3v) is 4.60. The number of fused-ring (bicyclic) bond motifs is 1. The van der Waals surface area contributed by atoms with Crippen LogP contribution in [0.4, 0.5) is 10.6 Å². The number of carbonyl (C=O) groups is 3. The summed E-state index contributed by atoms with van der Waals surface area (Å²) < 4.78 is 0. The summed E-state index contributed by atoms with van der Waals surface area (Å²) >= 11 is 0. The van der Waals surface area contributed by atoms with Crippen LogP contribution in [0.5, 0.6) is 0 Å². The lowest BCUT2D eigenvalue weighted by molar-refractivity contribution is -0.138. The molecule has 0 aliphatic rings. The van der Waals surface area contributed by atoms with Gasteiger partial charge in [-0.15, -0.1) is 0 Å². The van der Waals surface area contributed by atoms with Crippen LogP contribution < -0.4 is 16.0 Å². The first kappa shape index (κ1) is 21.7. The van der Waals surface area contributed by atoms with Gasteiger partial charge in [0.05, 0.1) is 6.42 Å². The molecule has 31 heavy (non-hydrogen) atoms. The number of carboxylic acid groups (broad SMARTS) is 1. The van der Waals surface area contributed by atoms with Crippen molar-refractivity contribution in [1.82, 2.24) is 20.6 Å². The molecule has 0 fully saturated rings. The van der Waals surface area contributed by atoms with Crippen molar-refractivity contribution in [3.05, 3.63) is 54.5 Å². The lowest BCUT2D eigenvalue weighted by Gasteiger charge is -2.14. The van der Waals surface area contributed by atoms with E-state index < -0.39 is 5.97 Å². The van der Waals surface area contributed by atoms with Gasteiger partial charge in [0.15, 0.2) is 0 Å². The number of aromatic nitrogens is 2. The van der Waals surface area contributed by atoms with Gasteiger partial charge in [0.1, 0.15) is 5.82 Å². The van der Waals surface area contributed by atoms with Crippen LogP contribution in [0.1, 0.15) is 25.3 Å². The maximum Gasteiger partial charge on any atom is 0.320 e. The van der Waals surface area contributed by atoms with Gasteiger partial charge in [-0.3, -0.25) is 19.9 Å². The van der Waals surface area contributed by atoms with Crippen LogP contribution in [0.25, 0.3) is 21.9 Å². The summed E-state index contributed by atoms with van der Waals surface area (Å²) in [5.74, 6) is -0.953. The van der Waals surface area contributed by atoms with Crippen molar-refractivity contribution < 1.29 is 19.5 Å². The molecule has 0 saturated carbocycles. The van der Waals surface area contributed by atoms with E-state index in [0.717, 1.165) is 27.5 Å². The molecule has 3 aromatic rings. The average molecular weight is 421 g/mol. The third-order valence-electron chi connectivity index (χ3n) is 4.60. The van der Waals surface area contributed by atoms with Crippen molar-refractivity contribution in [3.8, 4) is 11.1 Å². The fourth-order valence-corrected chi connectivity index (χ4v) is 3.13. The molecule has 9 heteroatoms. The van der Waals surface area contributed by atoms with Crippen molar-refractivity contribution in [1.29, 1.82) is 0 Å². The van der Waals surface area contributed by atoms with Gasteiger partial charge in [-0.05, 0) is 47.2 Å². The van der Waals surface area contributed by atoms with Crippen molar-refractivity contribution in [2.45, 2.75) is 26.3 Å². The number of amides is 3. The summed E-state index contributed by atoms with van der Waals surface area (Å²) in [7, 11) is 0. The Balaban J connectivity index is 1.94. The van der Waals surface area contributed by atoms with Gasteiger partial charge in [-0.25, -0.2) is 9.78 Å². The predicted molar refractivity (Wildman–Crippen MR) is 116 cm³/mol. The number of hydrogen-bond acceptors (Lipinski definition) is 5. The van der Waals surface area contributed by atoms with Crippen molar-refractivity contribution >= 4 is 34.5 Å². The number of carboxylic acids is 1. The minimum Gasteiger partial charge on any atom is -0.481 e. The van der Waals surface area contributed by atoms with Crippen molar-refractivity contribution in [2.75, 3.05) is 11.9 Å². The number of rotatable bonds is 8. The summed E-state index contributed by atoms with van der Waals surface area (Å²) in [5, 5.41) is 18.5. The molecule has 9 nitrogen and oxygen atoms in total. The minimum absolute atomic E-state index is 0.0821. The molecule has 0 spiro atoms. The number of aliphatic carboxylic acids is 1. The molecule has 0 unspecified atom stereocenters. The number of benzene rings is 1. The van der Waals surface area contributed by atoms with Gasteiger partial charge >= 0.3 is 12.0 Å². The number of nitrogens with zero attached hydrogens (tertiary/aromatic N) is 2. The Kier molecular flexibility index (Phi) is 7.10. The largest absolute Gasteiger partial charge is 0.481 e. The van der Waals surface area contributed by atoms with Gasteiger partial charge in [0.2, 0.25) is 5.91 Å². The molecule has 1 aromatic carbocycles. The number of urea groups is 1. The second-order valence-electron chi connectivity index (χ2n) is 6.78. The van der Waals surface area contributed by atoms with Crippen molar-refractivity contribution in [2.24, 2.45) is 0 Å². The summed E-state index contributed by atoms with van der Waals surface area (Å²) in [6.07, 6.45) is 4.76. The summed E-state index contributed by atoms with van der Waals surface area (Å²) in [6.45, 7) is 2.55. The smallest absolute Gasteiger partial charge is 0.320 e. The van der Waals surface area contributed by atoms with Gasteiger partial charge < -0.3 is 15.7 Å². The summed E-state index contributed by atoms with van der Waals surface area (Å²) in [4.78, 5) is 42.9. The Morgan fingerprint density at radius 2 is 1.77 bits per heavy atom. The molecule has 0 bridgehead atoms. The van der Waals surface area contributed by atoms with E-state index in [4.69, 9.17) is 5.11 Å². The highest BCUT2D eigenvalue weighted by Crippen LogP contribution is 2.31. The number of pyridine rings is 2. The second-order valence-corrected chi connectivity index (χ2v) is 6.78. The Bertz CT molecular complexity index is 1100. The molecule has 2 aromatic heterocycles. The van der Waals surface area contributed by atoms with Gasteiger partial charge in [-0.1, -0.05) is 12.1 Å². The topological polar surface area (TPSA) is 133 Å². The Morgan fingerprint density at radius 3 is 2.48 bits per heavy atom. The maximum absolute atomic E-state index is 11.9. The van der Waals surface area contributed by atoms with E-state index in [1.54, 1.807) is 24.7 Å². The van der Waals surface area contributed by atoms with E-state index in [-0.39, 0.29) is 31.3 Å². The van der Waals surface area contributed by atoms with Crippen LogP contribution in [-0.4, -0.2) is 39.5 Å². The lowest BCUT2D eigenvalue weighted by atomic mass is 9.96. The fraction of sp³-hybridized carbons (Fsp3) is 0.227. The van der Waals surface area contributed by atoms with E-state index in [0.29, 0.717) is 12.4 Å². The zero-order valence-electron chi connectivity index (χ0n) is 17.0. The van der Waals surface area contributed by atoms with E-state index in [2.05, 4.69) is 25.9 Å². The quantitative estimate of drug-likeness (QED) is 0.442. The summed E-state index contributed by atoms with van der Waals surface area (Å²) in [6, 6.07) is 9.05. The molecular weight excluding hydrogens is 398 g/mol. The molecule has 160 valence electrons. The fourth-order valence-electron chi connectivity index (χ4n) is 3.13. The average Bonchev–Trinajstić information content (AvgIpc) is 2.76. The van der Waals surface area contributed by atoms with Crippen LogP contribution in [0, 0.1) is 0 Å². The van der Waals surface area contributed by atoms with E-state index in [1.807, 2.05) is 31.2 Å². The van der Waals surface area contributed by atoms with Crippen LogP contribution >= 0.6 is 0 Å². The van der Waals surface area contributed by atoms with Gasteiger partial charge in [0, 0.05) is 43.5 Å². The van der Waals surface area contributed by atoms with E-state index in [9.17, 15) is 14.4 Å². The predicted octanol–water partition coefficient (Wildman–Crippen LogP) is 2.92. The van der Waals surface area contributed by atoms with E-state index in [1.165, 1.54) is 0 Å². The van der Waals surface area contributed by atoms with Gasteiger partial charge in [-0.2, -0.15) is 0 Å². The third kappa shape index (κ3) is 5.75. The first-order valence-corrected chi connectivity index (χ1v) is 9.83. The zero-order chi connectivity index (χ0) is 22.2. The Morgan fingerprint density at radius 1 is 1.00 bits per heavy atom. The molecule has 0 aliphatic heterocycles. The molecule has 0 saturated heterocycles. The SMILES string of the molecule is CCNC(=O)Nc1cc2c(-c3ccncc3)ccc(CNC(=O)CCC(=O)O)c2cn1. The number of hydrogen-bond donors (Lipinski definition) is 4. The normalized spacial score (nSPS) is 10.5. The van der Waals surface area contributed by atoms with Crippen LogP contribution in [0.3, 0.4) is 0 Å². The lowest BCUT2D eigenvalue weighted by Crippen LogP contribution is -2.28. The van der Waals surface area contributed by atoms with Crippen molar-refractivity contribution in [3.63, 3.8) is 0 Å². The first-order valence-electron chi connectivity index (χ1n) is 9.83. The van der Waals surface area contributed by atoms with Gasteiger partial charge in [0.25, 0.3) is 0 Å². The number of nitrogens with one attached hydrogen (secondary N) is 3. The molecule has 0 aliphatic carbocycles. The molecule has 3 rings (SSSR count). The Labute approximate surface area is 178 Å². The summed E-state index contributed by atoms with van der Waals surface area (Å²) in [5.41, 5.74) is 2.71. The highest BCUT2D eigenvalue weighted by molar-refractivity contribution is 6.01. The second kappa shape index (κ2) is 10.1. The zero-order valence-corrected chi connectivity index (χ0v) is 17.0. The number of anilines is 1. The minimum atomic E-state index is -1.02. The van der Waals surface area contributed by atoms with E-state index >= 15 is 0 Å². The molecule has 0 radical (unpaired) electrons. The monoisotopic (exact) mass is 421 g/mol. The maximum atomic E-state index is 11.9. The molecule has 3 amide bonds. The van der Waals surface area contributed by atoms with Crippen LogP contribution in [0.15, 0.2) is 48.9 Å². The highest BCUT2D eigenvalue weighted by Gasteiger charge is 2.12. The molecule has 4 N–H and O–H groups in total. The molecule has 0 atom stereocenters. The molecule has 2 heterocycles. The van der Waals surface area contributed by atoms with Crippen LogP contribution in [-0.2, 0) is 16.1 Å².